The maximum absolute atomic E-state index is 12.9. The highest BCUT2D eigenvalue weighted by atomic mass is 32.2. The molecule has 8 heteroatoms. The zero-order valence-electron chi connectivity index (χ0n) is 17.5. The number of rotatable bonds is 7. The van der Waals surface area contributed by atoms with Gasteiger partial charge in [0.25, 0.3) is 5.91 Å². The Hall–Kier alpha value is -3.20. The smallest absolute Gasteiger partial charge is 0.255 e. The summed E-state index contributed by atoms with van der Waals surface area (Å²) in [6.07, 6.45) is 0. The standard InChI is InChI=1S/C24H25N3O4S/c28-24(26-22-11-4-5-12-23(22)27-13-15-31-16-14-27)20-9-6-10-21(17-20)32(29,30)25-18-19-7-2-1-3-8-19/h1-12,17,25H,13-16,18H2,(H,26,28). The Morgan fingerprint density at radius 3 is 2.41 bits per heavy atom. The van der Waals surface area contributed by atoms with E-state index in [2.05, 4.69) is 14.9 Å². The van der Waals surface area contributed by atoms with E-state index in [4.69, 9.17) is 4.74 Å². The molecule has 0 atom stereocenters. The number of para-hydroxylation sites is 2. The van der Waals surface area contributed by atoms with Gasteiger partial charge in [-0.25, -0.2) is 13.1 Å². The molecule has 0 saturated carbocycles. The lowest BCUT2D eigenvalue weighted by Crippen LogP contribution is -2.36. The predicted molar refractivity (Wildman–Crippen MR) is 124 cm³/mol. The minimum Gasteiger partial charge on any atom is -0.378 e. The first-order valence-electron chi connectivity index (χ1n) is 10.4. The van der Waals surface area contributed by atoms with E-state index in [1.165, 1.54) is 12.1 Å². The number of carbonyl (C=O) groups excluding carboxylic acids is 1. The van der Waals surface area contributed by atoms with E-state index < -0.39 is 10.0 Å². The number of hydrogen-bond acceptors (Lipinski definition) is 5. The van der Waals surface area contributed by atoms with Crippen LogP contribution in [0, 0.1) is 0 Å². The highest BCUT2D eigenvalue weighted by molar-refractivity contribution is 7.89. The number of benzene rings is 3. The number of ether oxygens (including phenoxy) is 1. The third-order valence-corrected chi connectivity index (χ3v) is 6.62. The molecule has 1 aliphatic heterocycles. The van der Waals surface area contributed by atoms with Crippen LogP contribution in [0.15, 0.2) is 83.8 Å². The molecular weight excluding hydrogens is 426 g/mol. The van der Waals surface area contributed by atoms with Crippen LogP contribution in [0.3, 0.4) is 0 Å². The van der Waals surface area contributed by atoms with Crippen molar-refractivity contribution in [1.82, 2.24) is 4.72 Å². The van der Waals surface area contributed by atoms with Gasteiger partial charge in [0.05, 0.1) is 29.5 Å². The topological polar surface area (TPSA) is 87.7 Å². The Morgan fingerprint density at radius 1 is 0.906 bits per heavy atom. The van der Waals surface area contributed by atoms with E-state index in [1.54, 1.807) is 12.1 Å². The van der Waals surface area contributed by atoms with E-state index in [0.29, 0.717) is 18.9 Å². The second-order valence-electron chi connectivity index (χ2n) is 7.41. The molecule has 1 heterocycles. The normalized spacial score (nSPS) is 14.2. The Balaban J connectivity index is 1.49. The fourth-order valence-electron chi connectivity index (χ4n) is 3.52. The lowest BCUT2D eigenvalue weighted by molar-refractivity contribution is 0.102. The van der Waals surface area contributed by atoms with Crippen LogP contribution in [0.2, 0.25) is 0 Å². The molecule has 7 nitrogen and oxygen atoms in total. The summed E-state index contributed by atoms with van der Waals surface area (Å²) >= 11 is 0. The van der Waals surface area contributed by atoms with Crippen molar-refractivity contribution < 1.29 is 17.9 Å². The van der Waals surface area contributed by atoms with Crippen LogP contribution < -0.4 is 14.9 Å². The van der Waals surface area contributed by atoms with Crippen molar-refractivity contribution in [3.05, 3.63) is 90.0 Å². The molecule has 0 spiro atoms. The average Bonchev–Trinajstić information content (AvgIpc) is 2.84. The maximum Gasteiger partial charge on any atom is 0.255 e. The number of hydrogen-bond donors (Lipinski definition) is 2. The minimum absolute atomic E-state index is 0.0440. The zero-order chi connectivity index (χ0) is 22.4. The first kappa shape index (κ1) is 22.0. The number of nitrogens with one attached hydrogen (secondary N) is 2. The van der Waals surface area contributed by atoms with Crippen LogP contribution >= 0.6 is 0 Å². The van der Waals surface area contributed by atoms with Crippen molar-refractivity contribution in [3.8, 4) is 0 Å². The van der Waals surface area contributed by atoms with Gasteiger partial charge in [0.2, 0.25) is 10.0 Å². The molecule has 0 unspecified atom stereocenters. The summed E-state index contributed by atoms with van der Waals surface area (Å²) in [5, 5.41) is 2.92. The van der Waals surface area contributed by atoms with Crippen molar-refractivity contribution >= 4 is 27.3 Å². The number of sulfonamides is 1. The molecule has 1 amide bonds. The second kappa shape index (κ2) is 9.95. The van der Waals surface area contributed by atoms with Gasteiger partial charge in [0, 0.05) is 25.2 Å². The van der Waals surface area contributed by atoms with Gasteiger partial charge in [-0.1, -0.05) is 48.5 Å². The van der Waals surface area contributed by atoms with Crippen LogP contribution in [0.1, 0.15) is 15.9 Å². The number of amides is 1. The van der Waals surface area contributed by atoms with Gasteiger partial charge < -0.3 is 15.0 Å². The molecule has 166 valence electrons. The Morgan fingerprint density at radius 2 is 1.62 bits per heavy atom. The summed E-state index contributed by atoms with van der Waals surface area (Å²) < 4.78 is 33.5. The fourth-order valence-corrected chi connectivity index (χ4v) is 4.58. The Labute approximate surface area is 188 Å². The van der Waals surface area contributed by atoms with Gasteiger partial charge in [0.1, 0.15) is 0 Å². The van der Waals surface area contributed by atoms with Gasteiger partial charge in [0.15, 0.2) is 0 Å². The van der Waals surface area contributed by atoms with Crippen LogP contribution in [-0.4, -0.2) is 40.6 Å². The molecule has 0 aliphatic carbocycles. The SMILES string of the molecule is O=C(Nc1ccccc1N1CCOCC1)c1cccc(S(=O)(=O)NCc2ccccc2)c1. The monoisotopic (exact) mass is 451 g/mol. The van der Waals surface area contributed by atoms with Crippen LogP contribution in [0.4, 0.5) is 11.4 Å². The lowest BCUT2D eigenvalue weighted by Gasteiger charge is -2.30. The molecular formula is C24H25N3O4S. The van der Waals surface area contributed by atoms with Gasteiger partial charge in [-0.3, -0.25) is 4.79 Å². The van der Waals surface area contributed by atoms with Crippen LogP contribution in [0.5, 0.6) is 0 Å². The largest absolute Gasteiger partial charge is 0.378 e. The Bertz CT molecular complexity index is 1180. The zero-order valence-corrected chi connectivity index (χ0v) is 18.3. The average molecular weight is 452 g/mol. The summed E-state index contributed by atoms with van der Waals surface area (Å²) in [4.78, 5) is 15.1. The molecule has 32 heavy (non-hydrogen) atoms. The van der Waals surface area contributed by atoms with Gasteiger partial charge in [-0.2, -0.15) is 0 Å². The molecule has 0 radical (unpaired) electrons. The molecule has 3 aromatic carbocycles. The van der Waals surface area contributed by atoms with Crippen molar-refractivity contribution in [2.75, 3.05) is 36.5 Å². The van der Waals surface area contributed by atoms with Crippen LogP contribution in [-0.2, 0) is 21.3 Å². The lowest BCUT2D eigenvalue weighted by atomic mass is 10.2. The summed E-state index contributed by atoms with van der Waals surface area (Å²) in [5.74, 6) is -0.370. The van der Waals surface area contributed by atoms with E-state index in [0.717, 1.165) is 24.3 Å². The fraction of sp³-hybridized carbons (Fsp3) is 0.208. The predicted octanol–water partition coefficient (Wildman–Crippen LogP) is 3.25. The van der Waals surface area contributed by atoms with Gasteiger partial charge in [-0.05, 0) is 35.9 Å². The summed E-state index contributed by atoms with van der Waals surface area (Å²) in [6.45, 7) is 2.93. The van der Waals surface area contributed by atoms with Crippen molar-refractivity contribution in [1.29, 1.82) is 0 Å². The van der Waals surface area contributed by atoms with Crippen LogP contribution in [0.25, 0.3) is 0 Å². The molecule has 1 aliphatic rings. The van der Waals surface area contributed by atoms with Crippen molar-refractivity contribution in [2.24, 2.45) is 0 Å². The van der Waals surface area contributed by atoms with E-state index in [1.807, 2.05) is 54.6 Å². The van der Waals surface area contributed by atoms with E-state index in [-0.39, 0.29) is 22.9 Å². The highest BCUT2D eigenvalue weighted by Crippen LogP contribution is 2.27. The molecule has 0 bridgehead atoms. The van der Waals surface area contributed by atoms with Crippen molar-refractivity contribution in [2.45, 2.75) is 11.4 Å². The molecule has 1 saturated heterocycles. The quantitative estimate of drug-likeness (QED) is 0.576. The summed E-state index contributed by atoms with van der Waals surface area (Å²) in [6, 6.07) is 22.9. The molecule has 1 fully saturated rings. The van der Waals surface area contributed by atoms with Gasteiger partial charge >= 0.3 is 0 Å². The maximum atomic E-state index is 12.9. The first-order valence-corrected chi connectivity index (χ1v) is 11.9. The third-order valence-electron chi connectivity index (χ3n) is 5.22. The molecule has 2 N–H and O–H groups in total. The van der Waals surface area contributed by atoms with E-state index in [9.17, 15) is 13.2 Å². The third kappa shape index (κ3) is 5.34. The van der Waals surface area contributed by atoms with Gasteiger partial charge in [-0.15, -0.1) is 0 Å². The Kier molecular flexibility index (Phi) is 6.84. The highest BCUT2D eigenvalue weighted by Gasteiger charge is 2.19. The second-order valence-corrected chi connectivity index (χ2v) is 9.18. The summed E-state index contributed by atoms with van der Waals surface area (Å²) in [5.41, 5.74) is 2.71. The number of morpholine rings is 1. The number of carbonyl (C=O) groups is 1. The van der Waals surface area contributed by atoms with E-state index >= 15 is 0 Å². The first-order chi connectivity index (χ1) is 15.5. The summed E-state index contributed by atoms with van der Waals surface area (Å²) in [7, 11) is -3.76. The molecule has 0 aromatic heterocycles. The van der Waals surface area contributed by atoms with Crippen molar-refractivity contribution in [3.63, 3.8) is 0 Å². The minimum atomic E-state index is -3.76. The number of nitrogens with zero attached hydrogens (tertiary/aromatic N) is 1. The molecule has 4 rings (SSSR count). The number of anilines is 2. The molecule has 3 aromatic rings.